The van der Waals surface area contributed by atoms with Gasteiger partial charge in [0, 0.05) is 5.54 Å². The molecule has 0 saturated heterocycles. The van der Waals surface area contributed by atoms with Crippen LogP contribution in [0.3, 0.4) is 0 Å². The molecule has 8 aliphatic carbocycles. The molecule has 1 nitrogen and oxygen atoms in total. The Morgan fingerprint density at radius 2 is 1.12 bits per heavy atom. The largest absolute Gasteiger partial charge is 0.301 e. The van der Waals surface area contributed by atoms with E-state index in [1.54, 1.807) is 70.6 Å². The summed E-state index contributed by atoms with van der Waals surface area (Å²) in [5.41, 5.74) is 0.640. The predicted molar refractivity (Wildman–Crippen MR) is 98.7 cm³/mol. The molecule has 0 aromatic rings. The Hall–Kier alpha value is -0.0400. The van der Waals surface area contributed by atoms with E-state index >= 15 is 0 Å². The fraction of sp³-hybridized carbons (Fsp3) is 1.00. The van der Waals surface area contributed by atoms with Gasteiger partial charge in [0.25, 0.3) is 0 Å². The molecule has 134 valence electrons. The lowest BCUT2D eigenvalue weighted by Crippen LogP contribution is -2.59. The third-order valence-corrected chi connectivity index (χ3v) is 10.0. The standard InChI is InChI=1S/C23H37N/c1-24(23-12-17-5-18(13-23)7-19(6-17)14-23)3-2-22-20-8-15-4-16(10-20)11-21(22)9-15/h15-22H,2-14H2,1H3. The van der Waals surface area contributed by atoms with Crippen LogP contribution in [-0.4, -0.2) is 24.0 Å². The average Bonchev–Trinajstić information content (AvgIpc) is 2.52. The van der Waals surface area contributed by atoms with Crippen LogP contribution >= 0.6 is 0 Å². The summed E-state index contributed by atoms with van der Waals surface area (Å²) in [5.74, 6) is 8.94. The van der Waals surface area contributed by atoms with E-state index in [1.807, 2.05) is 0 Å². The van der Waals surface area contributed by atoms with Gasteiger partial charge in [0.2, 0.25) is 0 Å². The maximum Gasteiger partial charge on any atom is 0.0214 e. The van der Waals surface area contributed by atoms with Crippen LogP contribution in [0.2, 0.25) is 0 Å². The highest BCUT2D eigenvalue weighted by atomic mass is 15.2. The van der Waals surface area contributed by atoms with Crippen molar-refractivity contribution < 1.29 is 0 Å². The van der Waals surface area contributed by atoms with E-state index in [0.29, 0.717) is 5.54 Å². The molecule has 0 aromatic heterocycles. The van der Waals surface area contributed by atoms with Crippen LogP contribution in [0.5, 0.6) is 0 Å². The number of nitrogens with zero attached hydrogens (tertiary/aromatic N) is 1. The normalized spacial score (nSPS) is 57.2. The van der Waals surface area contributed by atoms with Crippen molar-refractivity contribution in [3.05, 3.63) is 0 Å². The van der Waals surface area contributed by atoms with Gasteiger partial charge in [-0.05, 0) is 138 Å². The third-order valence-electron chi connectivity index (χ3n) is 10.0. The zero-order valence-electron chi connectivity index (χ0n) is 15.8. The summed E-state index contributed by atoms with van der Waals surface area (Å²) >= 11 is 0. The van der Waals surface area contributed by atoms with Crippen LogP contribution in [0.15, 0.2) is 0 Å². The highest BCUT2D eigenvalue weighted by molar-refractivity contribution is 5.07. The fourth-order valence-corrected chi connectivity index (χ4v) is 9.62. The van der Waals surface area contributed by atoms with E-state index in [4.69, 9.17) is 0 Å². The van der Waals surface area contributed by atoms with Gasteiger partial charge in [-0.15, -0.1) is 0 Å². The zero-order chi connectivity index (χ0) is 15.9. The summed E-state index contributed by atoms with van der Waals surface area (Å²) < 4.78 is 0. The SMILES string of the molecule is CN(CCC1C2CC3CC(C2)CC1C3)C12CC3CC(CC(C3)C1)C2. The van der Waals surface area contributed by atoms with Gasteiger partial charge in [-0.2, -0.15) is 0 Å². The molecular formula is C23H37N. The van der Waals surface area contributed by atoms with Gasteiger partial charge in [0.1, 0.15) is 0 Å². The first-order valence-electron chi connectivity index (χ1n) is 11.4. The Kier molecular flexibility index (Phi) is 3.29. The summed E-state index contributed by atoms with van der Waals surface area (Å²) in [7, 11) is 2.52. The van der Waals surface area contributed by atoms with Crippen molar-refractivity contribution in [2.75, 3.05) is 13.6 Å². The summed E-state index contributed by atoms with van der Waals surface area (Å²) in [4.78, 5) is 2.91. The number of hydrogen-bond acceptors (Lipinski definition) is 1. The zero-order valence-corrected chi connectivity index (χ0v) is 15.8. The lowest BCUT2D eigenvalue weighted by molar-refractivity contribution is -0.0882. The van der Waals surface area contributed by atoms with Gasteiger partial charge in [0.05, 0.1) is 0 Å². The molecule has 8 saturated carbocycles. The molecule has 0 aromatic carbocycles. The predicted octanol–water partition coefficient (Wildman–Crippen LogP) is 5.35. The van der Waals surface area contributed by atoms with Gasteiger partial charge in [-0.3, -0.25) is 0 Å². The van der Waals surface area contributed by atoms with Crippen molar-refractivity contribution in [2.24, 2.45) is 47.3 Å². The summed E-state index contributed by atoms with van der Waals surface area (Å²) in [5, 5.41) is 0. The second-order valence-electron chi connectivity index (χ2n) is 11.4. The molecule has 8 rings (SSSR count). The smallest absolute Gasteiger partial charge is 0.0214 e. The molecule has 0 N–H and O–H groups in total. The molecule has 24 heavy (non-hydrogen) atoms. The summed E-state index contributed by atoms with van der Waals surface area (Å²) in [6.45, 7) is 1.42. The van der Waals surface area contributed by atoms with Crippen LogP contribution in [0, 0.1) is 47.3 Å². The summed E-state index contributed by atoms with van der Waals surface area (Å²) in [6.07, 6.45) is 19.0. The Bertz CT molecular complexity index is 445. The van der Waals surface area contributed by atoms with Crippen LogP contribution in [0.4, 0.5) is 0 Å². The topological polar surface area (TPSA) is 3.24 Å². The molecule has 0 amide bonds. The molecule has 8 aliphatic rings. The molecule has 0 unspecified atom stereocenters. The van der Waals surface area contributed by atoms with Gasteiger partial charge >= 0.3 is 0 Å². The first-order chi connectivity index (χ1) is 11.7. The first kappa shape index (κ1) is 15.1. The minimum absolute atomic E-state index is 0.640. The van der Waals surface area contributed by atoms with Gasteiger partial charge in [0.15, 0.2) is 0 Å². The van der Waals surface area contributed by atoms with Gasteiger partial charge in [-0.1, -0.05) is 0 Å². The molecule has 8 fully saturated rings. The fourth-order valence-electron chi connectivity index (χ4n) is 9.62. The first-order valence-corrected chi connectivity index (χ1v) is 11.4. The van der Waals surface area contributed by atoms with Crippen LogP contribution in [-0.2, 0) is 0 Å². The van der Waals surface area contributed by atoms with Crippen LogP contribution in [0.1, 0.15) is 77.0 Å². The highest BCUT2D eigenvalue weighted by Gasteiger charge is 2.53. The Balaban J connectivity index is 1.13. The second-order valence-corrected chi connectivity index (χ2v) is 11.4. The molecule has 0 aliphatic heterocycles. The molecule has 1 heteroatoms. The van der Waals surface area contributed by atoms with E-state index in [1.165, 1.54) is 13.0 Å². The molecule has 0 heterocycles. The van der Waals surface area contributed by atoms with Crippen molar-refractivity contribution in [1.29, 1.82) is 0 Å². The second kappa shape index (κ2) is 5.24. The minimum atomic E-state index is 0.640. The van der Waals surface area contributed by atoms with Crippen LogP contribution < -0.4 is 0 Å². The van der Waals surface area contributed by atoms with E-state index in [-0.39, 0.29) is 0 Å². The lowest BCUT2D eigenvalue weighted by Gasteiger charge is -2.60. The van der Waals surface area contributed by atoms with Gasteiger partial charge in [-0.25, -0.2) is 0 Å². The monoisotopic (exact) mass is 327 g/mol. The molecule has 0 radical (unpaired) electrons. The quantitative estimate of drug-likeness (QED) is 0.673. The van der Waals surface area contributed by atoms with E-state index < -0.39 is 0 Å². The Labute approximate surface area is 148 Å². The van der Waals surface area contributed by atoms with E-state index in [2.05, 4.69) is 11.9 Å². The van der Waals surface area contributed by atoms with E-state index in [0.717, 1.165) is 47.3 Å². The van der Waals surface area contributed by atoms with E-state index in [9.17, 15) is 0 Å². The lowest BCUT2D eigenvalue weighted by atomic mass is 9.51. The van der Waals surface area contributed by atoms with Crippen molar-refractivity contribution >= 4 is 0 Å². The third kappa shape index (κ3) is 2.22. The molecule has 8 bridgehead atoms. The Morgan fingerprint density at radius 3 is 1.62 bits per heavy atom. The Morgan fingerprint density at radius 1 is 0.667 bits per heavy atom. The number of rotatable bonds is 4. The van der Waals surface area contributed by atoms with Crippen molar-refractivity contribution in [3.63, 3.8) is 0 Å². The average molecular weight is 328 g/mol. The minimum Gasteiger partial charge on any atom is -0.301 e. The van der Waals surface area contributed by atoms with Crippen molar-refractivity contribution in [1.82, 2.24) is 4.90 Å². The number of hydrogen-bond donors (Lipinski definition) is 0. The van der Waals surface area contributed by atoms with Gasteiger partial charge < -0.3 is 4.90 Å². The molecule has 0 spiro atoms. The highest BCUT2D eigenvalue weighted by Crippen LogP contribution is 2.59. The maximum absolute atomic E-state index is 2.91. The maximum atomic E-state index is 2.91. The molecule has 0 atom stereocenters. The van der Waals surface area contributed by atoms with Crippen molar-refractivity contribution in [3.8, 4) is 0 Å². The molecular weight excluding hydrogens is 290 g/mol. The summed E-state index contributed by atoms with van der Waals surface area (Å²) in [6, 6.07) is 0. The van der Waals surface area contributed by atoms with Crippen molar-refractivity contribution in [2.45, 2.75) is 82.6 Å². The van der Waals surface area contributed by atoms with Crippen LogP contribution in [0.25, 0.3) is 0 Å².